The lowest BCUT2D eigenvalue weighted by atomic mass is 10.1. The van der Waals surface area contributed by atoms with E-state index in [9.17, 15) is 9.59 Å². The molecule has 5 nitrogen and oxygen atoms in total. The van der Waals surface area contributed by atoms with Crippen LogP contribution in [0.1, 0.15) is 24.9 Å². The number of nitrogens with zero attached hydrogens (tertiary/aromatic N) is 2. The minimum Gasteiger partial charge on any atom is -0.350 e. The second-order valence-corrected chi connectivity index (χ2v) is 6.80. The number of thiophene rings is 1. The van der Waals surface area contributed by atoms with Gasteiger partial charge in [0.2, 0.25) is 5.91 Å². The van der Waals surface area contributed by atoms with Crippen molar-refractivity contribution < 1.29 is 4.79 Å². The van der Waals surface area contributed by atoms with E-state index in [0.717, 1.165) is 10.4 Å². The normalized spacial score (nSPS) is 12.2. The fourth-order valence-electron chi connectivity index (χ4n) is 2.42. The number of rotatable bonds is 5. The van der Waals surface area contributed by atoms with E-state index >= 15 is 0 Å². The molecule has 1 atom stereocenters. The summed E-state index contributed by atoms with van der Waals surface area (Å²) in [6, 6.07) is 8.98. The number of aromatic nitrogens is 2. The predicted octanol–water partition coefficient (Wildman–Crippen LogP) is 3.38. The Balaban J connectivity index is 1.61. The lowest BCUT2D eigenvalue weighted by Crippen LogP contribution is -2.29. The molecule has 0 fully saturated rings. The molecule has 0 spiro atoms. The summed E-state index contributed by atoms with van der Waals surface area (Å²) in [5, 5.41) is 6.01. The minimum atomic E-state index is -0.121. The Labute approximate surface area is 147 Å². The topological polar surface area (TPSA) is 64.0 Å². The van der Waals surface area contributed by atoms with Crippen molar-refractivity contribution in [3.8, 4) is 0 Å². The minimum absolute atomic E-state index is 0.111. The van der Waals surface area contributed by atoms with Gasteiger partial charge in [-0.05, 0) is 36.1 Å². The van der Waals surface area contributed by atoms with Gasteiger partial charge in [-0.25, -0.2) is 4.98 Å². The van der Waals surface area contributed by atoms with Crippen molar-refractivity contribution in [1.29, 1.82) is 0 Å². The summed E-state index contributed by atoms with van der Waals surface area (Å²) in [4.78, 5) is 29.3. The van der Waals surface area contributed by atoms with Crippen molar-refractivity contribution in [3.05, 3.63) is 63.0 Å². The third-order valence-electron chi connectivity index (χ3n) is 3.78. The summed E-state index contributed by atoms with van der Waals surface area (Å²) in [7, 11) is 0. The molecule has 2 heterocycles. The standard InChI is InChI=1S/C17H16ClN3O2S/c1-11(12-2-4-13(18)5-3-12)20-15(22)6-8-21-10-19-16-14(17(21)23)7-9-24-16/h2-5,7,9-11H,6,8H2,1H3,(H,20,22). The number of carbonyl (C=O) groups is 1. The molecule has 1 N–H and O–H groups in total. The molecule has 2 aromatic heterocycles. The number of fused-ring (bicyclic) bond motifs is 1. The fraction of sp³-hybridized carbons (Fsp3) is 0.235. The van der Waals surface area contributed by atoms with Crippen LogP contribution in [0.4, 0.5) is 0 Å². The number of aryl methyl sites for hydroxylation is 1. The lowest BCUT2D eigenvalue weighted by molar-refractivity contribution is -0.121. The van der Waals surface area contributed by atoms with Gasteiger partial charge in [-0.2, -0.15) is 0 Å². The largest absolute Gasteiger partial charge is 0.350 e. The van der Waals surface area contributed by atoms with E-state index < -0.39 is 0 Å². The Hall–Kier alpha value is -2.18. The van der Waals surface area contributed by atoms with Gasteiger partial charge in [-0.3, -0.25) is 14.2 Å². The molecular formula is C17H16ClN3O2S. The second-order valence-electron chi connectivity index (χ2n) is 5.47. The van der Waals surface area contributed by atoms with Crippen LogP contribution in [0.5, 0.6) is 0 Å². The highest BCUT2D eigenvalue weighted by Crippen LogP contribution is 2.16. The van der Waals surface area contributed by atoms with Crippen LogP contribution in [-0.2, 0) is 11.3 Å². The molecule has 1 unspecified atom stereocenters. The smallest absolute Gasteiger partial charge is 0.262 e. The third kappa shape index (κ3) is 3.66. The average Bonchev–Trinajstić information content (AvgIpc) is 3.04. The number of amides is 1. The first-order valence-corrected chi connectivity index (χ1v) is 8.78. The van der Waals surface area contributed by atoms with Crippen LogP contribution in [0, 0.1) is 0 Å². The molecular weight excluding hydrogens is 346 g/mol. The molecule has 24 heavy (non-hydrogen) atoms. The average molecular weight is 362 g/mol. The molecule has 1 amide bonds. The highest BCUT2D eigenvalue weighted by atomic mass is 35.5. The molecule has 1 aromatic carbocycles. The zero-order chi connectivity index (χ0) is 17.1. The summed E-state index contributed by atoms with van der Waals surface area (Å²) in [6.07, 6.45) is 1.71. The zero-order valence-electron chi connectivity index (χ0n) is 13.0. The van der Waals surface area contributed by atoms with Crippen LogP contribution in [-0.4, -0.2) is 15.5 Å². The van der Waals surface area contributed by atoms with Crippen LogP contribution in [0.2, 0.25) is 5.02 Å². The number of hydrogen-bond donors (Lipinski definition) is 1. The predicted molar refractivity (Wildman–Crippen MR) is 96.5 cm³/mol. The second kappa shape index (κ2) is 7.15. The monoisotopic (exact) mass is 361 g/mol. The van der Waals surface area contributed by atoms with E-state index in [1.54, 1.807) is 18.2 Å². The van der Waals surface area contributed by atoms with Gasteiger partial charge >= 0.3 is 0 Å². The SMILES string of the molecule is CC(NC(=O)CCn1cnc2sccc2c1=O)c1ccc(Cl)cc1. The van der Waals surface area contributed by atoms with Gasteiger partial charge < -0.3 is 5.32 Å². The molecule has 0 radical (unpaired) electrons. The number of halogens is 1. The van der Waals surface area contributed by atoms with Crippen LogP contribution >= 0.6 is 22.9 Å². The van der Waals surface area contributed by atoms with E-state index in [0.29, 0.717) is 17.0 Å². The number of carbonyl (C=O) groups excluding carboxylic acids is 1. The summed E-state index contributed by atoms with van der Waals surface area (Å²) in [5.41, 5.74) is 0.867. The first-order valence-electron chi connectivity index (χ1n) is 7.52. The van der Waals surface area contributed by atoms with Crippen molar-refractivity contribution in [3.63, 3.8) is 0 Å². The fourth-order valence-corrected chi connectivity index (χ4v) is 3.27. The van der Waals surface area contributed by atoms with Gasteiger partial charge in [0.1, 0.15) is 4.83 Å². The lowest BCUT2D eigenvalue weighted by Gasteiger charge is -2.14. The van der Waals surface area contributed by atoms with Crippen LogP contribution in [0.15, 0.2) is 46.8 Å². The van der Waals surface area contributed by atoms with Gasteiger partial charge in [0.15, 0.2) is 0 Å². The van der Waals surface area contributed by atoms with Crippen LogP contribution in [0.25, 0.3) is 10.2 Å². The Morgan fingerprint density at radius 3 is 2.83 bits per heavy atom. The highest BCUT2D eigenvalue weighted by molar-refractivity contribution is 7.16. The molecule has 0 bridgehead atoms. The van der Waals surface area contributed by atoms with E-state index in [-0.39, 0.29) is 23.9 Å². The highest BCUT2D eigenvalue weighted by Gasteiger charge is 2.11. The third-order valence-corrected chi connectivity index (χ3v) is 4.85. The van der Waals surface area contributed by atoms with E-state index in [1.165, 1.54) is 22.2 Å². The van der Waals surface area contributed by atoms with Gasteiger partial charge in [0.05, 0.1) is 17.8 Å². The van der Waals surface area contributed by atoms with Gasteiger partial charge in [0.25, 0.3) is 5.56 Å². The summed E-state index contributed by atoms with van der Waals surface area (Å²) >= 11 is 7.29. The first kappa shape index (κ1) is 16.7. The molecule has 0 aliphatic heterocycles. The molecule has 124 valence electrons. The quantitative estimate of drug-likeness (QED) is 0.757. The van der Waals surface area contributed by atoms with Crippen molar-refractivity contribution in [2.45, 2.75) is 25.9 Å². The summed E-state index contributed by atoms with van der Waals surface area (Å²) in [6.45, 7) is 2.21. The van der Waals surface area contributed by atoms with Crippen LogP contribution in [0.3, 0.4) is 0 Å². The number of benzene rings is 1. The van der Waals surface area contributed by atoms with Crippen molar-refractivity contribution in [2.75, 3.05) is 0 Å². The Morgan fingerprint density at radius 1 is 1.33 bits per heavy atom. The maximum Gasteiger partial charge on any atom is 0.262 e. The molecule has 3 aromatic rings. The van der Waals surface area contributed by atoms with Crippen LogP contribution < -0.4 is 10.9 Å². The molecule has 7 heteroatoms. The van der Waals surface area contributed by atoms with Crippen molar-refractivity contribution in [1.82, 2.24) is 14.9 Å². The molecule has 0 saturated heterocycles. The zero-order valence-corrected chi connectivity index (χ0v) is 14.6. The number of nitrogens with one attached hydrogen (secondary N) is 1. The van der Waals surface area contributed by atoms with Gasteiger partial charge in [-0.1, -0.05) is 23.7 Å². The Morgan fingerprint density at radius 2 is 2.08 bits per heavy atom. The first-order chi connectivity index (χ1) is 11.5. The molecule has 0 saturated carbocycles. The Bertz CT molecular complexity index is 917. The van der Waals surface area contributed by atoms with E-state index in [4.69, 9.17) is 11.6 Å². The maximum atomic E-state index is 12.3. The van der Waals surface area contributed by atoms with Gasteiger partial charge in [-0.15, -0.1) is 11.3 Å². The van der Waals surface area contributed by atoms with E-state index in [1.807, 2.05) is 24.4 Å². The molecule has 0 aliphatic rings. The molecule has 0 aliphatic carbocycles. The van der Waals surface area contributed by atoms with E-state index in [2.05, 4.69) is 10.3 Å². The van der Waals surface area contributed by atoms with Crippen molar-refractivity contribution in [2.24, 2.45) is 0 Å². The molecule has 3 rings (SSSR count). The summed E-state index contributed by atoms with van der Waals surface area (Å²) < 4.78 is 1.47. The van der Waals surface area contributed by atoms with Crippen molar-refractivity contribution >= 4 is 39.1 Å². The Kier molecular flexibility index (Phi) is 4.97. The maximum absolute atomic E-state index is 12.3. The van der Waals surface area contributed by atoms with Gasteiger partial charge in [0, 0.05) is 18.0 Å². The summed E-state index contributed by atoms with van der Waals surface area (Å²) in [5.74, 6) is -0.116. The number of hydrogen-bond acceptors (Lipinski definition) is 4.